The van der Waals surface area contributed by atoms with Gasteiger partial charge in [0.05, 0.1) is 17.0 Å². The Bertz CT molecular complexity index is 1290. The molecule has 3 aromatic rings. The van der Waals surface area contributed by atoms with E-state index in [2.05, 4.69) is 10.3 Å². The molecule has 164 valence electrons. The van der Waals surface area contributed by atoms with Gasteiger partial charge in [-0.25, -0.2) is 9.78 Å². The molecular weight excluding hydrogens is 424 g/mol. The van der Waals surface area contributed by atoms with Crippen LogP contribution >= 0.6 is 11.6 Å². The highest BCUT2D eigenvalue weighted by atomic mass is 35.5. The molecule has 0 saturated heterocycles. The molecule has 0 unspecified atom stereocenters. The van der Waals surface area contributed by atoms with E-state index in [-0.39, 0.29) is 18.2 Å². The Labute approximate surface area is 182 Å². The first-order valence-electron chi connectivity index (χ1n) is 9.53. The zero-order valence-electron chi connectivity index (χ0n) is 17.7. The molecule has 2 heterocycles. The van der Waals surface area contributed by atoms with Crippen molar-refractivity contribution in [2.75, 3.05) is 19.4 Å². The number of fused-ring (bicyclic) bond motifs is 1. The first kappa shape index (κ1) is 22.3. The Hall–Kier alpha value is -3.40. The van der Waals surface area contributed by atoms with E-state index in [1.165, 1.54) is 28.9 Å². The Kier molecular flexibility index (Phi) is 6.30. The number of amides is 2. The third-order valence-electron chi connectivity index (χ3n) is 4.91. The van der Waals surface area contributed by atoms with Gasteiger partial charge in [-0.05, 0) is 24.6 Å². The van der Waals surface area contributed by atoms with E-state index in [0.29, 0.717) is 40.4 Å². The minimum absolute atomic E-state index is 0.161. The number of nitrogens with one attached hydrogen (secondary N) is 1. The van der Waals surface area contributed by atoms with Gasteiger partial charge in [-0.15, -0.1) is 0 Å². The van der Waals surface area contributed by atoms with Crippen molar-refractivity contribution in [1.82, 2.24) is 23.6 Å². The molecule has 1 N–H and O–H groups in total. The molecule has 1 aromatic carbocycles. The molecular formula is C20H23ClN6O4. The van der Waals surface area contributed by atoms with Crippen LogP contribution < -0.4 is 16.6 Å². The number of imidazole rings is 1. The van der Waals surface area contributed by atoms with E-state index in [9.17, 15) is 19.2 Å². The summed E-state index contributed by atoms with van der Waals surface area (Å²) in [6, 6.07) is 4.69. The highest BCUT2D eigenvalue weighted by molar-refractivity contribution is 6.33. The summed E-state index contributed by atoms with van der Waals surface area (Å²) in [6.45, 7) is 0.365. The summed E-state index contributed by atoms with van der Waals surface area (Å²) in [4.78, 5) is 54.6. The average Bonchev–Trinajstić information content (AvgIpc) is 3.15. The lowest BCUT2D eigenvalue weighted by atomic mass is 10.1. The normalized spacial score (nSPS) is 11.0. The predicted octanol–water partition coefficient (Wildman–Crippen LogP) is 1.21. The van der Waals surface area contributed by atoms with Crippen molar-refractivity contribution in [3.8, 4) is 0 Å². The van der Waals surface area contributed by atoms with Gasteiger partial charge in [-0.2, -0.15) is 0 Å². The van der Waals surface area contributed by atoms with E-state index in [4.69, 9.17) is 11.6 Å². The van der Waals surface area contributed by atoms with Crippen LogP contribution in [-0.4, -0.2) is 49.5 Å². The number of benzene rings is 1. The van der Waals surface area contributed by atoms with E-state index < -0.39 is 11.2 Å². The van der Waals surface area contributed by atoms with Gasteiger partial charge in [0.1, 0.15) is 0 Å². The van der Waals surface area contributed by atoms with Crippen LogP contribution in [-0.2, 0) is 25.4 Å². The van der Waals surface area contributed by atoms with Crippen LogP contribution in [0.25, 0.3) is 11.2 Å². The van der Waals surface area contributed by atoms with Crippen molar-refractivity contribution in [2.45, 2.75) is 19.4 Å². The molecule has 2 amide bonds. The standard InChI is InChI=1S/C20H23ClN6O4/c1-24(2)18(29)12-7-8-13(21)14(10-12)23-15(28)6-5-9-27-11-22-17-16(27)19(30)26(4)20(31)25(17)3/h7-8,10-11H,5-6,9H2,1-4H3,(H,23,28). The van der Waals surface area contributed by atoms with Crippen LogP contribution in [0.3, 0.4) is 0 Å². The fourth-order valence-electron chi connectivity index (χ4n) is 3.20. The molecule has 2 aromatic heterocycles. The minimum Gasteiger partial charge on any atom is -0.345 e. The number of aryl methyl sites for hydroxylation is 2. The van der Waals surface area contributed by atoms with Crippen molar-refractivity contribution < 1.29 is 9.59 Å². The van der Waals surface area contributed by atoms with Gasteiger partial charge in [0, 0.05) is 46.7 Å². The van der Waals surface area contributed by atoms with E-state index in [1.54, 1.807) is 37.8 Å². The van der Waals surface area contributed by atoms with Crippen molar-refractivity contribution in [2.24, 2.45) is 14.1 Å². The summed E-state index contributed by atoms with van der Waals surface area (Å²) in [5, 5.41) is 3.05. The van der Waals surface area contributed by atoms with Crippen LogP contribution in [0.2, 0.25) is 5.02 Å². The monoisotopic (exact) mass is 446 g/mol. The first-order valence-corrected chi connectivity index (χ1v) is 9.91. The number of anilines is 1. The second-order valence-corrected chi connectivity index (χ2v) is 7.77. The maximum atomic E-state index is 12.5. The Morgan fingerprint density at radius 1 is 1.16 bits per heavy atom. The molecule has 0 saturated carbocycles. The molecule has 0 aliphatic heterocycles. The molecule has 0 fully saturated rings. The second kappa shape index (κ2) is 8.76. The van der Waals surface area contributed by atoms with Crippen LogP contribution in [0.1, 0.15) is 23.2 Å². The van der Waals surface area contributed by atoms with Gasteiger partial charge in [0.25, 0.3) is 11.5 Å². The first-order chi connectivity index (χ1) is 14.6. The number of carbonyl (C=O) groups excluding carboxylic acids is 2. The minimum atomic E-state index is -0.450. The quantitative estimate of drug-likeness (QED) is 0.611. The molecule has 31 heavy (non-hydrogen) atoms. The Morgan fingerprint density at radius 3 is 2.55 bits per heavy atom. The molecule has 0 aliphatic carbocycles. The van der Waals surface area contributed by atoms with Crippen molar-refractivity contribution >= 4 is 40.3 Å². The molecule has 11 heteroatoms. The van der Waals surface area contributed by atoms with Crippen LogP contribution in [0.15, 0.2) is 34.1 Å². The van der Waals surface area contributed by atoms with Gasteiger partial charge < -0.3 is 14.8 Å². The van der Waals surface area contributed by atoms with Crippen LogP contribution in [0, 0.1) is 0 Å². The van der Waals surface area contributed by atoms with Gasteiger partial charge in [0.15, 0.2) is 11.2 Å². The highest BCUT2D eigenvalue weighted by Gasteiger charge is 2.15. The number of nitrogens with zero attached hydrogens (tertiary/aromatic N) is 5. The molecule has 0 aliphatic rings. The molecule has 0 spiro atoms. The topological polar surface area (TPSA) is 111 Å². The maximum absolute atomic E-state index is 12.5. The fourth-order valence-corrected chi connectivity index (χ4v) is 3.37. The van der Waals surface area contributed by atoms with Crippen molar-refractivity contribution in [3.63, 3.8) is 0 Å². The largest absolute Gasteiger partial charge is 0.345 e. The molecule has 0 atom stereocenters. The molecule has 0 radical (unpaired) electrons. The van der Waals surface area contributed by atoms with Crippen LogP contribution in [0.4, 0.5) is 5.69 Å². The third kappa shape index (κ3) is 4.38. The lowest BCUT2D eigenvalue weighted by molar-refractivity contribution is -0.116. The summed E-state index contributed by atoms with van der Waals surface area (Å²) in [7, 11) is 6.24. The number of halogens is 1. The summed E-state index contributed by atoms with van der Waals surface area (Å²) >= 11 is 6.15. The van der Waals surface area contributed by atoms with Crippen LogP contribution in [0.5, 0.6) is 0 Å². The zero-order chi connectivity index (χ0) is 22.9. The van der Waals surface area contributed by atoms with E-state index in [0.717, 1.165) is 4.57 Å². The maximum Gasteiger partial charge on any atom is 0.332 e. The van der Waals surface area contributed by atoms with Gasteiger partial charge in [0.2, 0.25) is 5.91 Å². The highest BCUT2D eigenvalue weighted by Crippen LogP contribution is 2.24. The SMILES string of the molecule is CN(C)C(=O)c1ccc(Cl)c(NC(=O)CCCn2cnc3c2c(=O)n(C)c(=O)n3C)c1. The van der Waals surface area contributed by atoms with Gasteiger partial charge >= 0.3 is 5.69 Å². The molecule has 0 bridgehead atoms. The summed E-state index contributed by atoms with van der Waals surface area (Å²) in [6.07, 6.45) is 2.07. The Morgan fingerprint density at radius 2 is 1.87 bits per heavy atom. The zero-order valence-corrected chi connectivity index (χ0v) is 18.4. The number of carbonyl (C=O) groups is 2. The van der Waals surface area contributed by atoms with Gasteiger partial charge in [-0.1, -0.05) is 11.6 Å². The average molecular weight is 447 g/mol. The number of hydrogen-bond donors (Lipinski definition) is 1. The van der Waals surface area contributed by atoms with Gasteiger partial charge in [-0.3, -0.25) is 23.5 Å². The number of aromatic nitrogens is 4. The van der Waals surface area contributed by atoms with E-state index in [1.807, 2.05) is 0 Å². The number of hydrogen-bond acceptors (Lipinski definition) is 5. The Balaban J connectivity index is 1.69. The number of rotatable bonds is 6. The van der Waals surface area contributed by atoms with Crippen molar-refractivity contribution in [3.05, 3.63) is 56.0 Å². The molecule has 3 rings (SSSR count). The lowest BCUT2D eigenvalue weighted by Gasteiger charge is -2.13. The van der Waals surface area contributed by atoms with E-state index >= 15 is 0 Å². The fraction of sp³-hybridized carbons (Fsp3) is 0.350. The second-order valence-electron chi connectivity index (χ2n) is 7.36. The van der Waals surface area contributed by atoms with Crippen molar-refractivity contribution in [1.29, 1.82) is 0 Å². The third-order valence-corrected chi connectivity index (χ3v) is 5.24. The summed E-state index contributed by atoms with van der Waals surface area (Å²) in [5.74, 6) is -0.476. The predicted molar refractivity (Wildman–Crippen MR) is 118 cm³/mol. The molecule has 10 nitrogen and oxygen atoms in total. The smallest absolute Gasteiger partial charge is 0.332 e. The summed E-state index contributed by atoms with van der Waals surface area (Å²) in [5.41, 5.74) is 0.491. The summed E-state index contributed by atoms with van der Waals surface area (Å²) < 4.78 is 3.97. The lowest BCUT2D eigenvalue weighted by Crippen LogP contribution is -2.37.